The van der Waals surface area contributed by atoms with Crippen LogP contribution in [0.25, 0.3) is 0 Å². The van der Waals surface area contributed by atoms with E-state index in [9.17, 15) is 4.79 Å². The van der Waals surface area contributed by atoms with Gasteiger partial charge >= 0.3 is 0 Å². The highest BCUT2D eigenvalue weighted by molar-refractivity contribution is 7.98. The van der Waals surface area contributed by atoms with Gasteiger partial charge in [-0.15, -0.1) is 10.2 Å². The molecule has 0 saturated carbocycles. The number of rotatable bonds is 8. The SMILES string of the molecule is CSc1nnc(COc2ccccc2C2=NOC(c3ccc(Cl)cc3Cl)C2)n1NC(=O)c1ccccc1. The molecule has 4 aromatic rings. The van der Waals surface area contributed by atoms with E-state index in [0.717, 1.165) is 16.8 Å². The molecule has 1 unspecified atom stereocenters. The summed E-state index contributed by atoms with van der Waals surface area (Å²) in [7, 11) is 0. The maximum absolute atomic E-state index is 12.7. The summed E-state index contributed by atoms with van der Waals surface area (Å²) in [5, 5.41) is 14.3. The number of benzene rings is 3. The lowest BCUT2D eigenvalue weighted by molar-refractivity contribution is 0.0858. The average molecular weight is 554 g/mol. The van der Waals surface area contributed by atoms with Crippen molar-refractivity contribution in [1.29, 1.82) is 0 Å². The molecule has 1 aliphatic rings. The molecule has 8 nitrogen and oxygen atoms in total. The first-order valence-electron chi connectivity index (χ1n) is 11.3. The number of nitrogens with zero attached hydrogens (tertiary/aromatic N) is 4. The zero-order chi connectivity index (χ0) is 25.8. The normalized spacial score (nSPS) is 14.7. The molecule has 0 spiro atoms. The summed E-state index contributed by atoms with van der Waals surface area (Å²) >= 11 is 13.8. The van der Waals surface area contributed by atoms with E-state index in [1.54, 1.807) is 36.4 Å². The molecule has 1 aliphatic heterocycles. The Labute approximate surface area is 227 Å². The summed E-state index contributed by atoms with van der Waals surface area (Å²) in [6.45, 7) is 0.0697. The van der Waals surface area contributed by atoms with Gasteiger partial charge in [-0.3, -0.25) is 10.2 Å². The highest BCUT2D eigenvalue weighted by Crippen LogP contribution is 2.36. The van der Waals surface area contributed by atoms with Crippen LogP contribution in [-0.4, -0.2) is 32.7 Å². The molecule has 1 N–H and O–H groups in total. The lowest BCUT2D eigenvalue weighted by atomic mass is 9.99. The number of thioether (sulfide) groups is 1. The van der Waals surface area contributed by atoms with E-state index in [1.807, 2.05) is 42.7 Å². The molecule has 1 amide bonds. The molecule has 0 radical (unpaired) electrons. The molecule has 5 rings (SSSR count). The number of halogens is 2. The molecule has 1 atom stereocenters. The van der Waals surface area contributed by atoms with Crippen LogP contribution in [0, 0.1) is 0 Å². The Kier molecular flexibility index (Phi) is 7.64. The molecule has 2 heterocycles. The summed E-state index contributed by atoms with van der Waals surface area (Å²) in [6, 6.07) is 21.8. The van der Waals surface area contributed by atoms with Crippen molar-refractivity contribution < 1.29 is 14.4 Å². The second-order valence-corrected chi connectivity index (χ2v) is 9.65. The van der Waals surface area contributed by atoms with Gasteiger partial charge < -0.3 is 9.57 Å². The van der Waals surface area contributed by atoms with Gasteiger partial charge in [-0.05, 0) is 42.7 Å². The monoisotopic (exact) mass is 553 g/mol. The van der Waals surface area contributed by atoms with Gasteiger partial charge in [0, 0.05) is 33.2 Å². The minimum atomic E-state index is -0.326. The van der Waals surface area contributed by atoms with E-state index >= 15 is 0 Å². The van der Waals surface area contributed by atoms with E-state index < -0.39 is 0 Å². The third kappa shape index (κ3) is 5.58. The van der Waals surface area contributed by atoms with Crippen LogP contribution in [0.3, 0.4) is 0 Å². The van der Waals surface area contributed by atoms with Crippen molar-refractivity contribution in [3.63, 3.8) is 0 Å². The molecule has 11 heteroatoms. The number of hydrogen-bond acceptors (Lipinski definition) is 7. The van der Waals surface area contributed by atoms with Crippen molar-refractivity contribution in [1.82, 2.24) is 14.9 Å². The van der Waals surface area contributed by atoms with Crippen LogP contribution in [0.2, 0.25) is 10.0 Å². The Morgan fingerprint density at radius 3 is 2.68 bits per heavy atom. The zero-order valence-electron chi connectivity index (χ0n) is 19.6. The fourth-order valence-corrected chi connectivity index (χ4v) is 4.82. The first kappa shape index (κ1) is 25.1. The van der Waals surface area contributed by atoms with E-state index in [-0.39, 0.29) is 18.6 Å². The number of oxime groups is 1. The Balaban J connectivity index is 1.32. The molecule has 0 fully saturated rings. The van der Waals surface area contributed by atoms with Crippen LogP contribution in [0.1, 0.15) is 39.8 Å². The number of hydrogen-bond donors (Lipinski definition) is 1. The fourth-order valence-electron chi connectivity index (χ4n) is 3.83. The molecule has 0 aliphatic carbocycles. The van der Waals surface area contributed by atoms with Crippen molar-refractivity contribution >= 4 is 46.6 Å². The second kappa shape index (κ2) is 11.2. The van der Waals surface area contributed by atoms with Crippen molar-refractivity contribution in [3.05, 3.63) is 105 Å². The molecule has 3 aromatic carbocycles. The molecule has 0 bridgehead atoms. The van der Waals surface area contributed by atoms with Gasteiger partial charge in [-0.2, -0.15) is 0 Å². The Bertz CT molecular complexity index is 1460. The van der Waals surface area contributed by atoms with E-state index in [1.165, 1.54) is 16.4 Å². The summed E-state index contributed by atoms with van der Waals surface area (Å²) in [5.41, 5.74) is 5.71. The van der Waals surface area contributed by atoms with Gasteiger partial charge in [0.05, 0.1) is 5.71 Å². The third-order valence-corrected chi connectivity index (χ3v) is 6.86. The Morgan fingerprint density at radius 1 is 1.11 bits per heavy atom. The number of carbonyl (C=O) groups excluding carboxylic acids is 1. The number of amides is 1. The Morgan fingerprint density at radius 2 is 1.89 bits per heavy atom. The summed E-state index contributed by atoms with van der Waals surface area (Å²) in [6.07, 6.45) is 2.05. The van der Waals surface area contributed by atoms with Crippen molar-refractivity contribution in [2.75, 3.05) is 11.7 Å². The van der Waals surface area contributed by atoms with Gasteiger partial charge in [0.1, 0.15) is 12.4 Å². The fraction of sp³-hybridized carbons (Fsp3) is 0.154. The molecular formula is C26H21Cl2N5O3S. The van der Waals surface area contributed by atoms with Gasteiger partial charge in [0.2, 0.25) is 5.16 Å². The van der Waals surface area contributed by atoms with Crippen molar-refractivity contribution in [2.24, 2.45) is 5.16 Å². The van der Waals surface area contributed by atoms with Gasteiger partial charge in [0.25, 0.3) is 5.91 Å². The summed E-state index contributed by atoms with van der Waals surface area (Å²) in [5.74, 6) is 0.767. The standard InChI is InChI=1S/C26H21Cl2N5O3S/c1-37-26-30-29-24(33(26)31-25(34)16-7-3-2-4-8-16)15-35-22-10-6-5-9-19(22)21-14-23(36-32-21)18-12-11-17(27)13-20(18)28/h2-13,23H,14-15H2,1H3,(H,31,34). The number of ether oxygens (including phenoxy) is 1. The smallest absolute Gasteiger partial charge is 0.270 e. The second-order valence-electron chi connectivity index (χ2n) is 8.03. The molecule has 1 aromatic heterocycles. The number of nitrogens with one attached hydrogen (secondary N) is 1. The number of carbonyl (C=O) groups is 1. The minimum absolute atomic E-state index is 0.0697. The molecular weight excluding hydrogens is 533 g/mol. The molecule has 0 saturated heterocycles. The zero-order valence-corrected chi connectivity index (χ0v) is 21.9. The van der Waals surface area contributed by atoms with Crippen LogP contribution in [0.15, 0.2) is 83.1 Å². The van der Waals surface area contributed by atoms with Crippen molar-refractivity contribution in [2.45, 2.75) is 24.3 Å². The highest BCUT2D eigenvalue weighted by Gasteiger charge is 2.27. The minimum Gasteiger partial charge on any atom is -0.485 e. The maximum atomic E-state index is 12.7. The van der Waals surface area contributed by atoms with Crippen molar-refractivity contribution in [3.8, 4) is 5.75 Å². The van der Waals surface area contributed by atoms with E-state index in [4.69, 9.17) is 32.8 Å². The molecule has 188 valence electrons. The predicted molar refractivity (Wildman–Crippen MR) is 144 cm³/mol. The average Bonchev–Trinajstić information content (AvgIpc) is 3.55. The first-order chi connectivity index (χ1) is 18.0. The van der Waals surface area contributed by atoms with E-state index in [2.05, 4.69) is 20.8 Å². The number of para-hydroxylation sites is 1. The summed E-state index contributed by atoms with van der Waals surface area (Å²) in [4.78, 5) is 18.4. The van der Waals surface area contributed by atoms with Gasteiger partial charge in [-0.25, -0.2) is 4.68 Å². The Hall–Kier alpha value is -3.53. The predicted octanol–water partition coefficient (Wildman–Crippen LogP) is 6.14. The summed E-state index contributed by atoms with van der Waals surface area (Å²) < 4.78 is 7.68. The quantitative estimate of drug-likeness (QED) is 0.264. The van der Waals surface area contributed by atoms with Crippen LogP contribution >= 0.6 is 35.0 Å². The lowest BCUT2D eigenvalue weighted by Crippen LogP contribution is -2.26. The highest BCUT2D eigenvalue weighted by atomic mass is 35.5. The van der Waals surface area contributed by atoms with Crippen LogP contribution in [-0.2, 0) is 11.4 Å². The van der Waals surface area contributed by atoms with Crippen LogP contribution in [0.5, 0.6) is 5.75 Å². The lowest BCUT2D eigenvalue weighted by Gasteiger charge is -2.14. The van der Waals surface area contributed by atoms with E-state index in [0.29, 0.717) is 38.8 Å². The molecule has 37 heavy (non-hydrogen) atoms. The van der Waals surface area contributed by atoms with Gasteiger partial charge in [0.15, 0.2) is 11.9 Å². The number of aromatic nitrogens is 3. The van der Waals surface area contributed by atoms with Crippen LogP contribution < -0.4 is 10.2 Å². The third-order valence-electron chi connectivity index (χ3n) is 5.67. The van der Waals surface area contributed by atoms with Gasteiger partial charge in [-0.1, -0.05) is 76.5 Å². The largest absolute Gasteiger partial charge is 0.485 e. The first-order valence-corrected chi connectivity index (χ1v) is 13.3. The maximum Gasteiger partial charge on any atom is 0.270 e. The van der Waals surface area contributed by atoms with Crippen LogP contribution in [0.4, 0.5) is 0 Å². The topological polar surface area (TPSA) is 90.6 Å².